The summed E-state index contributed by atoms with van der Waals surface area (Å²) >= 11 is 0. The van der Waals surface area contributed by atoms with Gasteiger partial charge in [-0.05, 0) is 38.5 Å². The zero-order valence-corrected chi connectivity index (χ0v) is 15.5. The van der Waals surface area contributed by atoms with E-state index in [-0.39, 0.29) is 0 Å². The second-order valence-corrected chi connectivity index (χ2v) is 6.92. The minimum atomic E-state index is 1.19. The first-order chi connectivity index (χ1) is 10.8. The molecule has 0 unspecified atom stereocenters. The molecule has 0 saturated carbocycles. The van der Waals surface area contributed by atoms with E-state index in [0.717, 1.165) is 0 Å². The normalized spacial score (nSPS) is 10.8. The SMILES string of the molecule is C=CCCCCCCCCC(=C)CCCCCCCCCC. The fourth-order valence-corrected chi connectivity index (χ4v) is 3.00. The predicted octanol–water partition coefficient (Wildman–Crippen LogP) is 8.38. The van der Waals surface area contributed by atoms with Gasteiger partial charge in [-0.3, -0.25) is 0 Å². The Hall–Kier alpha value is -0.520. The molecule has 0 aromatic carbocycles. The van der Waals surface area contributed by atoms with E-state index >= 15 is 0 Å². The summed E-state index contributed by atoms with van der Waals surface area (Å²) in [5, 5.41) is 0. The van der Waals surface area contributed by atoms with E-state index in [1.807, 2.05) is 6.08 Å². The molecule has 0 aromatic heterocycles. The monoisotopic (exact) mass is 306 g/mol. The maximum atomic E-state index is 4.26. The smallest absolute Gasteiger partial charge is 0.0323 e. The van der Waals surface area contributed by atoms with Gasteiger partial charge in [-0.1, -0.05) is 95.8 Å². The Balaban J connectivity index is 3.14. The average molecular weight is 307 g/mol. The van der Waals surface area contributed by atoms with Gasteiger partial charge in [0.25, 0.3) is 0 Å². The topological polar surface area (TPSA) is 0 Å². The van der Waals surface area contributed by atoms with Crippen LogP contribution in [0.1, 0.15) is 116 Å². The molecule has 0 rings (SSSR count). The van der Waals surface area contributed by atoms with Crippen molar-refractivity contribution in [2.24, 2.45) is 0 Å². The molecule has 0 heteroatoms. The van der Waals surface area contributed by atoms with E-state index < -0.39 is 0 Å². The zero-order chi connectivity index (χ0) is 16.3. The number of allylic oxidation sites excluding steroid dienone is 2. The lowest BCUT2D eigenvalue weighted by Crippen LogP contribution is -1.86. The van der Waals surface area contributed by atoms with Crippen LogP contribution in [-0.4, -0.2) is 0 Å². The van der Waals surface area contributed by atoms with Crippen molar-refractivity contribution in [3.63, 3.8) is 0 Å². The maximum Gasteiger partial charge on any atom is -0.0323 e. The predicted molar refractivity (Wildman–Crippen MR) is 104 cm³/mol. The van der Waals surface area contributed by atoms with Crippen LogP contribution in [0.15, 0.2) is 24.8 Å². The Morgan fingerprint density at radius 3 is 1.50 bits per heavy atom. The first-order valence-electron chi connectivity index (χ1n) is 10.1. The van der Waals surface area contributed by atoms with Crippen molar-refractivity contribution in [3.05, 3.63) is 24.8 Å². The van der Waals surface area contributed by atoms with Gasteiger partial charge in [0.2, 0.25) is 0 Å². The maximum absolute atomic E-state index is 4.26. The van der Waals surface area contributed by atoms with Crippen LogP contribution in [0.5, 0.6) is 0 Å². The quantitative estimate of drug-likeness (QED) is 0.176. The van der Waals surface area contributed by atoms with E-state index in [4.69, 9.17) is 0 Å². The highest BCUT2D eigenvalue weighted by atomic mass is 14.0. The Kier molecular flexibility index (Phi) is 18.1. The van der Waals surface area contributed by atoms with E-state index in [2.05, 4.69) is 20.1 Å². The molecule has 0 aliphatic heterocycles. The highest BCUT2D eigenvalue weighted by Gasteiger charge is 1.97. The average Bonchev–Trinajstić information content (AvgIpc) is 2.52. The molecule has 0 aromatic rings. The molecule has 0 nitrogen and oxygen atoms in total. The molecule has 0 bridgehead atoms. The third-order valence-electron chi connectivity index (χ3n) is 4.57. The largest absolute Gasteiger partial charge is 0.103 e. The first kappa shape index (κ1) is 21.5. The van der Waals surface area contributed by atoms with Crippen molar-refractivity contribution in [1.82, 2.24) is 0 Å². The molecule has 0 heterocycles. The lowest BCUT2D eigenvalue weighted by molar-refractivity contribution is 0.566. The van der Waals surface area contributed by atoms with Gasteiger partial charge < -0.3 is 0 Å². The zero-order valence-electron chi connectivity index (χ0n) is 15.5. The third-order valence-corrected chi connectivity index (χ3v) is 4.57. The van der Waals surface area contributed by atoms with Crippen molar-refractivity contribution in [2.45, 2.75) is 116 Å². The molecule has 0 aliphatic rings. The molecular formula is C22H42. The number of unbranched alkanes of at least 4 members (excludes halogenated alkanes) is 13. The van der Waals surface area contributed by atoms with Gasteiger partial charge >= 0.3 is 0 Å². The van der Waals surface area contributed by atoms with E-state index in [9.17, 15) is 0 Å². The van der Waals surface area contributed by atoms with Crippen LogP contribution in [0.3, 0.4) is 0 Å². The highest BCUT2D eigenvalue weighted by Crippen LogP contribution is 2.17. The fourth-order valence-electron chi connectivity index (χ4n) is 3.00. The van der Waals surface area contributed by atoms with Gasteiger partial charge in [-0.15, -0.1) is 6.58 Å². The van der Waals surface area contributed by atoms with Crippen LogP contribution in [0, 0.1) is 0 Å². The van der Waals surface area contributed by atoms with Crippen molar-refractivity contribution >= 4 is 0 Å². The summed E-state index contributed by atoms with van der Waals surface area (Å²) in [7, 11) is 0. The molecule has 0 N–H and O–H groups in total. The Morgan fingerprint density at radius 2 is 1.05 bits per heavy atom. The molecule has 22 heavy (non-hydrogen) atoms. The molecule has 0 aliphatic carbocycles. The molecule has 0 fully saturated rings. The van der Waals surface area contributed by atoms with Gasteiger partial charge in [0.15, 0.2) is 0 Å². The minimum absolute atomic E-state index is 1.19. The lowest BCUT2D eigenvalue weighted by atomic mass is 10.0. The lowest BCUT2D eigenvalue weighted by Gasteiger charge is -2.06. The van der Waals surface area contributed by atoms with Gasteiger partial charge in [0.05, 0.1) is 0 Å². The summed E-state index contributed by atoms with van der Waals surface area (Å²) in [6, 6.07) is 0. The van der Waals surface area contributed by atoms with Crippen LogP contribution in [0.2, 0.25) is 0 Å². The Labute approximate surface area is 141 Å². The van der Waals surface area contributed by atoms with Crippen LogP contribution in [0.4, 0.5) is 0 Å². The molecule has 0 amide bonds. The second kappa shape index (κ2) is 18.5. The number of hydrogen-bond donors (Lipinski definition) is 0. The van der Waals surface area contributed by atoms with Crippen molar-refractivity contribution in [2.75, 3.05) is 0 Å². The summed E-state index contributed by atoms with van der Waals surface area (Å²) in [4.78, 5) is 0. The first-order valence-corrected chi connectivity index (χ1v) is 10.1. The molecule has 0 spiro atoms. The summed E-state index contributed by atoms with van der Waals surface area (Å²) in [5.74, 6) is 0. The van der Waals surface area contributed by atoms with Crippen LogP contribution in [-0.2, 0) is 0 Å². The third kappa shape index (κ3) is 17.5. The van der Waals surface area contributed by atoms with Gasteiger partial charge in [-0.2, -0.15) is 0 Å². The van der Waals surface area contributed by atoms with Crippen molar-refractivity contribution < 1.29 is 0 Å². The van der Waals surface area contributed by atoms with Crippen LogP contribution >= 0.6 is 0 Å². The molecule has 0 atom stereocenters. The number of rotatable bonds is 18. The van der Waals surface area contributed by atoms with Crippen molar-refractivity contribution in [1.29, 1.82) is 0 Å². The number of hydrogen-bond acceptors (Lipinski definition) is 0. The Bertz CT molecular complexity index is 238. The van der Waals surface area contributed by atoms with Crippen LogP contribution < -0.4 is 0 Å². The van der Waals surface area contributed by atoms with Gasteiger partial charge in [-0.25, -0.2) is 0 Å². The molecular weight excluding hydrogens is 264 g/mol. The van der Waals surface area contributed by atoms with E-state index in [0.29, 0.717) is 0 Å². The van der Waals surface area contributed by atoms with Crippen LogP contribution in [0.25, 0.3) is 0 Å². The summed E-state index contributed by atoms with van der Waals surface area (Å²) < 4.78 is 0. The second-order valence-electron chi connectivity index (χ2n) is 6.92. The van der Waals surface area contributed by atoms with Gasteiger partial charge in [0, 0.05) is 0 Å². The standard InChI is InChI=1S/C22H42/c1-4-6-8-10-12-14-16-18-20-22(3)21-19-17-15-13-11-9-7-5-2/h4H,1,3,5-21H2,2H3. The summed E-state index contributed by atoms with van der Waals surface area (Å²) in [6.07, 6.45) is 25.4. The highest BCUT2D eigenvalue weighted by molar-refractivity contribution is 4.93. The Morgan fingerprint density at radius 1 is 0.636 bits per heavy atom. The molecule has 130 valence electrons. The fraction of sp³-hybridized carbons (Fsp3) is 0.818. The minimum Gasteiger partial charge on any atom is -0.103 e. The molecule has 0 radical (unpaired) electrons. The van der Waals surface area contributed by atoms with E-state index in [1.54, 1.807) is 0 Å². The van der Waals surface area contributed by atoms with Gasteiger partial charge in [0.1, 0.15) is 0 Å². The van der Waals surface area contributed by atoms with E-state index in [1.165, 1.54) is 115 Å². The summed E-state index contributed by atoms with van der Waals surface area (Å²) in [5.41, 5.74) is 1.50. The van der Waals surface area contributed by atoms with Crippen molar-refractivity contribution in [3.8, 4) is 0 Å². The summed E-state index contributed by atoms with van der Waals surface area (Å²) in [6.45, 7) is 10.3. The molecule has 0 saturated heterocycles.